The number of thioether (sulfide) groups is 1. The predicted molar refractivity (Wildman–Crippen MR) is 108 cm³/mol. The van der Waals surface area contributed by atoms with Gasteiger partial charge in [-0.05, 0) is 24.1 Å². The molecule has 0 radical (unpaired) electrons. The smallest absolute Gasteiger partial charge is 0.266 e. The van der Waals surface area contributed by atoms with Gasteiger partial charge in [0.25, 0.3) is 5.91 Å². The van der Waals surface area contributed by atoms with E-state index in [4.69, 9.17) is 40.2 Å². The lowest BCUT2D eigenvalue weighted by Gasteiger charge is -2.27. The minimum Gasteiger partial charge on any atom is -0.379 e. The zero-order valence-corrected chi connectivity index (χ0v) is 16.7. The zero-order valence-electron chi connectivity index (χ0n) is 13.5. The van der Waals surface area contributed by atoms with Crippen LogP contribution in [0.4, 0.5) is 0 Å². The average Bonchev–Trinajstić information content (AvgIpc) is 2.87. The molecule has 0 N–H and O–H groups in total. The van der Waals surface area contributed by atoms with Crippen molar-refractivity contribution in [1.29, 1.82) is 0 Å². The van der Waals surface area contributed by atoms with Crippen molar-refractivity contribution in [2.45, 2.75) is 6.42 Å². The van der Waals surface area contributed by atoms with Gasteiger partial charge in [0, 0.05) is 26.2 Å². The van der Waals surface area contributed by atoms with E-state index in [2.05, 4.69) is 4.90 Å². The number of thiocarbonyl (C=S) groups is 1. The summed E-state index contributed by atoms with van der Waals surface area (Å²) in [5.74, 6) is -0.0620. The Balaban J connectivity index is 1.61. The lowest BCUT2D eigenvalue weighted by atomic mass is 10.2. The number of halogens is 2. The Morgan fingerprint density at radius 3 is 2.76 bits per heavy atom. The van der Waals surface area contributed by atoms with Crippen LogP contribution in [0.5, 0.6) is 0 Å². The molecule has 0 unspecified atom stereocenters. The molecule has 1 aromatic carbocycles. The van der Waals surface area contributed by atoms with Crippen LogP contribution >= 0.6 is 47.2 Å². The topological polar surface area (TPSA) is 32.8 Å². The first-order valence-corrected chi connectivity index (χ1v) is 10.0. The largest absolute Gasteiger partial charge is 0.379 e. The highest BCUT2D eigenvalue weighted by Gasteiger charge is 2.31. The van der Waals surface area contributed by atoms with Gasteiger partial charge in [0.05, 0.1) is 28.2 Å². The van der Waals surface area contributed by atoms with E-state index < -0.39 is 0 Å². The second-order valence-corrected chi connectivity index (χ2v) is 8.24. The molecule has 0 aliphatic carbocycles. The molecule has 0 atom stereocenters. The van der Waals surface area contributed by atoms with Crippen LogP contribution in [-0.2, 0) is 9.53 Å². The van der Waals surface area contributed by atoms with E-state index in [0.29, 0.717) is 25.8 Å². The Morgan fingerprint density at radius 1 is 1.24 bits per heavy atom. The summed E-state index contributed by atoms with van der Waals surface area (Å²) >= 11 is 18.9. The second-order valence-electron chi connectivity index (χ2n) is 5.78. The number of nitrogens with zero attached hydrogens (tertiary/aromatic N) is 2. The monoisotopic (exact) mass is 416 g/mol. The highest BCUT2D eigenvalue weighted by molar-refractivity contribution is 8.26. The standard InChI is InChI=1S/C17H18Cl2N2O2S2/c18-13-4-1-3-12(15(13)19)11-14-16(22)21(17(24)25-14)6-2-5-20-7-9-23-10-8-20/h1,3-4,11H,2,5-10H2. The number of hydrogen-bond donors (Lipinski definition) is 0. The van der Waals surface area contributed by atoms with Crippen molar-refractivity contribution >= 4 is 63.5 Å². The Morgan fingerprint density at radius 2 is 2.00 bits per heavy atom. The fourth-order valence-corrected chi connectivity index (χ4v) is 4.41. The Hall–Kier alpha value is -0.630. The first-order chi connectivity index (χ1) is 12.1. The fourth-order valence-electron chi connectivity index (χ4n) is 2.74. The Bertz CT molecular complexity index is 706. The van der Waals surface area contributed by atoms with Crippen LogP contribution in [0.2, 0.25) is 10.0 Å². The van der Waals surface area contributed by atoms with Crippen LogP contribution in [0.3, 0.4) is 0 Å². The van der Waals surface area contributed by atoms with Gasteiger partial charge in [-0.25, -0.2) is 0 Å². The minimum absolute atomic E-state index is 0.0620. The van der Waals surface area contributed by atoms with Gasteiger partial charge in [0.2, 0.25) is 0 Å². The Kier molecular flexibility index (Phi) is 6.77. The van der Waals surface area contributed by atoms with Gasteiger partial charge >= 0.3 is 0 Å². The van der Waals surface area contributed by atoms with Gasteiger partial charge in [-0.1, -0.05) is 59.3 Å². The normalized spacial score (nSPS) is 20.7. The summed E-state index contributed by atoms with van der Waals surface area (Å²) in [6.07, 6.45) is 2.65. The number of benzene rings is 1. The molecule has 3 rings (SSSR count). The van der Waals surface area contributed by atoms with Crippen LogP contribution < -0.4 is 0 Å². The molecule has 2 aliphatic rings. The lowest BCUT2D eigenvalue weighted by molar-refractivity contribution is -0.122. The van der Waals surface area contributed by atoms with Crippen molar-refractivity contribution in [3.63, 3.8) is 0 Å². The molecule has 2 heterocycles. The van der Waals surface area contributed by atoms with Gasteiger partial charge < -0.3 is 4.74 Å². The van der Waals surface area contributed by atoms with Crippen molar-refractivity contribution in [1.82, 2.24) is 9.80 Å². The molecule has 1 amide bonds. The summed E-state index contributed by atoms with van der Waals surface area (Å²) in [5.41, 5.74) is 0.725. The molecule has 4 nitrogen and oxygen atoms in total. The molecule has 2 aliphatic heterocycles. The first-order valence-electron chi connectivity index (χ1n) is 8.06. The highest BCUT2D eigenvalue weighted by Crippen LogP contribution is 2.35. The SMILES string of the molecule is O=C1C(=Cc2cccc(Cl)c2Cl)SC(=S)N1CCCN1CCOCC1. The van der Waals surface area contributed by atoms with E-state index >= 15 is 0 Å². The van der Waals surface area contributed by atoms with Crippen molar-refractivity contribution in [2.24, 2.45) is 0 Å². The average molecular weight is 417 g/mol. The van der Waals surface area contributed by atoms with E-state index in [9.17, 15) is 4.79 Å². The maximum atomic E-state index is 12.6. The van der Waals surface area contributed by atoms with E-state index in [1.54, 1.807) is 17.0 Å². The molecule has 0 saturated carbocycles. The number of amides is 1. The van der Waals surface area contributed by atoms with Crippen LogP contribution in [0.15, 0.2) is 23.1 Å². The number of morpholine rings is 1. The van der Waals surface area contributed by atoms with E-state index in [1.165, 1.54) is 11.8 Å². The van der Waals surface area contributed by atoms with Gasteiger partial charge in [-0.15, -0.1) is 0 Å². The van der Waals surface area contributed by atoms with Crippen LogP contribution in [0.1, 0.15) is 12.0 Å². The van der Waals surface area contributed by atoms with Crippen molar-refractivity contribution < 1.29 is 9.53 Å². The molecule has 25 heavy (non-hydrogen) atoms. The first kappa shape index (κ1) is 19.1. The number of carbonyl (C=O) groups is 1. The molecule has 1 aromatic rings. The van der Waals surface area contributed by atoms with Crippen LogP contribution in [-0.4, -0.2) is 59.4 Å². The maximum absolute atomic E-state index is 12.6. The quantitative estimate of drug-likeness (QED) is 0.536. The van der Waals surface area contributed by atoms with E-state index in [1.807, 2.05) is 12.1 Å². The molecule has 0 bridgehead atoms. The second kappa shape index (κ2) is 8.84. The van der Waals surface area contributed by atoms with Crippen molar-refractivity contribution in [3.05, 3.63) is 38.7 Å². The molecule has 0 aromatic heterocycles. The summed E-state index contributed by atoms with van der Waals surface area (Å²) in [6.45, 7) is 5.04. The molecular formula is C17H18Cl2N2O2S2. The van der Waals surface area contributed by atoms with Crippen LogP contribution in [0, 0.1) is 0 Å². The third-order valence-corrected chi connectivity index (χ3v) is 6.31. The molecule has 8 heteroatoms. The number of rotatable bonds is 5. The van der Waals surface area contributed by atoms with Crippen LogP contribution in [0.25, 0.3) is 6.08 Å². The van der Waals surface area contributed by atoms with E-state index in [0.717, 1.165) is 44.8 Å². The summed E-state index contributed by atoms with van der Waals surface area (Å²) in [7, 11) is 0. The lowest BCUT2D eigenvalue weighted by Crippen LogP contribution is -2.38. The van der Waals surface area contributed by atoms with Crippen molar-refractivity contribution in [2.75, 3.05) is 39.4 Å². The number of ether oxygens (including phenoxy) is 1. The predicted octanol–water partition coefficient (Wildman–Crippen LogP) is 3.92. The highest BCUT2D eigenvalue weighted by atomic mass is 35.5. The molecular weight excluding hydrogens is 399 g/mol. The summed E-state index contributed by atoms with van der Waals surface area (Å²) in [4.78, 5) is 17.2. The third kappa shape index (κ3) is 4.76. The maximum Gasteiger partial charge on any atom is 0.266 e. The number of carbonyl (C=O) groups excluding carboxylic acids is 1. The molecule has 0 spiro atoms. The zero-order chi connectivity index (χ0) is 17.8. The van der Waals surface area contributed by atoms with Gasteiger partial charge in [0.15, 0.2) is 0 Å². The minimum atomic E-state index is -0.0620. The van der Waals surface area contributed by atoms with E-state index in [-0.39, 0.29) is 5.91 Å². The molecule has 134 valence electrons. The van der Waals surface area contributed by atoms with Gasteiger partial charge in [0.1, 0.15) is 4.32 Å². The summed E-state index contributed by atoms with van der Waals surface area (Å²) in [6, 6.07) is 5.36. The fraction of sp³-hybridized carbons (Fsp3) is 0.412. The summed E-state index contributed by atoms with van der Waals surface area (Å²) in [5, 5.41) is 0.915. The summed E-state index contributed by atoms with van der Waals surface area (Å²) < 4.78 is 5.94. The van der Waals surface area contributed by atoms with Gasteiger partial charge in [-0.2, -0.15) is 0 Å². The van der Waals surface area contributed by atoms with Gasteiger partial charge in [-0.3, -0.25) is 14.6 Å². The molecule has 2 saturated heterocycles. The third-order valence-electron chi connectivity index (χ3n) is 4.10. The molecule has 2 fully saturated rings. The number of hydrogen-bond acceptors (Lipinski definition) is 5. The Labute approximate surface area is 167 Å². The van der Waals surface area contributed by atoms with Crippen molar-refractivity contribution in [3.8, 4) is 0 Å².